The molecule has 1 heterocycles. The summed E-state index contributed by atoms with van der Waals surface area (Å²) >= 11 is 0. The molecule has 1 aromatic heterocycles. The molecule has 0 aliphatic rings. The van der Waals surface area contributed by atoms with Gasteiger partial charge in [0, 0.05) is 17.3 Å². The third-order valence-electron chi connectivity index (χ3n) is 2.93. The highest BCUT2D eigenvalue weighted by Gasteiger charge is 2.32. The second-order valence-electron chi connectivity index (χ2n) is 4.71. The zero-order valence-electron chi connectivity index (χ0n) is 11.9. The van der Waals surface area contributed by atoms with Crippen molar-refractivity contribution in [1.82, 2.24) is 9.97 Å². The number of aryl methyl sites for hydroxylation is 1. The second-order valence-corrected chi connectivity index (χ2v) is 4.71. The van der Waals surface area contributed by atoms with E-state index in [4.69, 9.17) is 16.1 Å². The average Bonchev–Trinajstić information content (AvgIpc) is 2.52. The van der Waals surface area contributed by atoms with E-state index in [0.29, 0.717) is 5.56 Å². The SMILES string of the molecule is Cc1cc(C(=N)C(=N)C#N)cc(-c2nccc(C(F)(F)F)n2)c1. The van der Waals surface area contributed by atoms with E-state index in [2.05, 4.69) is 9.97 Å². The van der Waals surface area contributed by atoms with Gasteiger partial charge in [-0.3, -0.25) is 10.8 Å². The summed E-state index contributed by atoms with van der Waals surface area (Å²) in [5, 5.41) is 23.8. The zero-order valence-corrected chi connectivity index (χ0v) is 11.9. The maximum atomic E-state index is 12.7. The van der Waals surface area contributed by atoms with Crippen molar-refractivity contribution in [3.05, 3.63) is 47.3 Å². The Morgan fingerprint density at radius 3 is 2.52 bits per heavy atom. The second kappa shape index (κ2) is 5.96. The van der Waals surface area contributed by atoms with Gasteiger partial charge in [-0.15, -0.1) is 0 Å². The van der Waals surface area contributed by atoms with E-state index in [1.165, 1.54) is 6.07 Å². The number of hydrogen-bond acceptors (Lipinski definition) is 5. The van der Waals surface area contributed by atoms with E-state index in [1.807, 2.05) is 0 Å². The molecule has 0 fully saturated rings. The Hall–Kier alpha value is -3.08. The molecule has 2 N–H and O–H groups in total. The highest BCUT2D eigenvalue weighted by molar-refractivity contribution is 6.51. The average molecular weight is 317 g/mol. The van der Waals surface area contributed by atoms with Gasteiger partial charge in [0.05, 0.1) is 5.71 Å². The third-order valence-corrected chi connectivity index (χ3v) is 2.93. The summed E-state index contributed by atoms with van der Waals surface area (Å²) in [4.78, 5) is 7.32. The van der Waals surface area contributed by atoms with Crippen LogP contribution >= 0.6 is 0 Å². The summed E-state index contributed by atoms with van der Waals surface area (Å²) < 4.78 is 38.2. The zero-order chi connectivity index (χ0) is 17.2. The van der Waals surface area contributed by atoms with Crippen LogP contribution in [0.1, 0.15) is 16.8 Å². The molecule has 0 unspecified atom stereocenters. The molecule has 0 radical (unpaired) electrons. The first-order valence-electron chi connectivity index (χ1n) is 6.32. The van der Waals surface area contributed by atoms with E-state index < -0.39 is 17.6 Å². The Balaban J connectivity index is 2.53. The van der Waals surface area contributed by atoms with Crippen LogP contribution in [0.2, 0.25) is 0 Å². The first-order valence-corrected chi connectivity index (χ1v) is 6.32. The van der Waals surface area contributed by atoms with Gasteiger partial charge < -0.3 is 0 Å². The largest absolute Gasteiger partial charge is 0.433 e. The lowest BCUT2D eigenvalue weighted by Gasteiger charge is -2.09. The van der Waals surface area contributed by atoms with Crippen LogP contribution in [0.5, 0.6) is 0 Å². The van der Waals surface area contributed by atoms with Gasteiger partial charge in [-0.1, -0.05) is 0 Å². The van der Waals surface area contributed by atoms with Crippen LogP contribution in [0.4, 0.5) is 13.2 Å². The normalized spacial score (nSPS) is 10.9. The van der Waals surface area contributed by atoms with Crippen LogP contribution in [0.3, 0.4) is 0 Å². The van der Waals surface area contributed by atoms with Crippen molar-refractivity contribution < 1.29 is 13.2 Å². The van der Waals surface area contributed by atoms with Gasteiger partial charge in [-0.25, -0.2) is 9.97 Å². The topological polar surface area (TPSA) is 97.3 Å². The molecule has 5 nitrogen and oxygen atoms in total. The number of nitriles is 1. The molecule has 23 heavy (non-hydrogen) atoms. The molecule has 0 aliphatic heterocycles. The van der Waals surface area contributed by atoms with E-state index in [9.17, 15) is 13.2 Å². The molecule has 116 valence electrons. The van der Waals surface area contributed by atoms with E-state index in [0.717, 1.165) is 12.3 Å². The highest BCUT2D eigenvalue weighted by Crippen LogP contribution is 2.29. The predicted molar refractivity (Wildman–Crippen MR) is 77.4 cm³/mol. The standard InChI is InChI=1S/C15H10F3N5/c1-8-4-9(13(21)11(20)7-19)6-10(5-8)14-22-3-2-12(23-14)15(16,17)18/h2-6,20-21H,1H3. The number of aromatic nitrogens is 2. The molecule has 2 rings (SSSR count). The number of hydrogen-bond donors (Lipinski definition) is 2. The van der Waals surface area contributed by atoms with Crippen LogP contribution in [0.25, 0.3) is 11.4 Å². The summed E-state index contributed by atoms with van der Waals surface area (Å²) in [6, 6.07) is 6.84. The van der Waals surface area contributed by atoms with Crippen molar-refractivity contribution in [2.75, 3.05) is 0 Å². The minimum absolute atomic E-state index is 0.138. The molecule has 0 spiro atoms. The highest BCUT2D eigenvalue weighted by atomic mass is 19.4. The first kappa shape index (κ1) is 16.3. The molecule has 0 amide bonds. The van der Waals surface area contributed by atoms with Gasteiger partial charge in [0.1, 0.15) is 11.8 Å². The van der Waals surface area contributed by atoms with Crippen molar-refractivity contribution in [2.45, 2.75) is 13.1 Å². The number of nitrogens with zero attached hydrogens (tertiary/aromatic N) is 3. The lowest BCUT2D eigenvalue weighted by molar-refractivity contribution is -0.141. The quantitative estimate of drug-likeness (QED) is 0.849. The lowest BCUT2D eigenvalue weighted by atomic mass is 10.0. The van der Waals surface area contributed by atoms with Crippen molar-refractivity contribution in [1.29, 1.82) is 16.1 Å². The van der Waals surface area contributed by atoms with Crippen molar-refractivity contribution in [2.24, 2.45) is 0 Å². The fourth-order valence-corrected chi connectivity index (χ4v) is 1.91. The van der Waals surface area contributed by atoms with Crippen LogP contribution in [0, 0.1) is 29.1 Å². The fraction of sp³-hybridized carbons (Fsp3) is 0.133. The van der Waals surface area contributed by atoms with E-state index in [1.54, 1.807) is 25.1 Å². The summed E-state index contributed by atoms with van der Waals surface area (Å²) in [6.45, 7) is 1.68. The molecule has 1 aromatic carbocycles. The van der Waals surface area contributed by atoms with Crippen molar-refractivity contribution in [3.8, 4) is 17.5 Å². The Morgan fingerprint density at radius 2 is 1.91 bits per heavy atom. The Labute approximate surface area is 129 Å². The summed E-state index contributed by atoms with van der Waals surface area (Å²) in [7, 11) is 0. The van der Waals surface area contributed by atoms with Crippen LogP contribution in [0.15, 0.2) is 30.5 Å². The molecular weight excluding hydrogens is 307 g/mol. The predicted octanol–water partition coefficient (Wildman–Crippen LogP) is 3.38. The molecule has 0 saturated heterocycles. The Morgan fingerprint density at radius 1 is 1.22 bits per heavy atom. The summed E-state index contributed by atoms with van der Waals surface area (Å²) in [6.07, 6.45) is -3.57. The van der Waals surface area contributed by atoms with Crippen LogP contribution < -0.4 is 0 Å². The number of halogens is 3. The maximum Gasteiger partial charge on any atom is 0.433 e. The smallest absolute Gasteiger partial charge is 0.297 e. The third kappa shape index (κ3) is 3.58. The molecule has 0 aliphatic carbocycles. The monoisotopic (exact) mass is 317 g/mol. The molecular formula is C15H10F3N5. The fourth-order valence-electron chi connectivity index (χ4n) is 1.91. The summed E-state index contributed by atoms with van der Waals surface area (Å²) in [5.41, 5.74) is -0.746. The molecule has 0 atom stereocenters. The molecule has 0 saturated carbocycles. The van der Waals surface area contributed by atoms with Gasteiger partial charge in [0.25, 0.3) is 0 Å². The number of benzene rings is 1. The minimum atomic E-state index is -4.58. The molecule has 0 bridgehead atoms. The van der Waals surface area contributed by atoms with Gasteiger partial charge in [0.2, 0.25) is 0 Å². The maximum absolute atomic E-state index is 12.7. The van der Waals surface area contributed by atoms with E-state index in [-0.39, 0.29) is 22.7 Å². The molecule has 2 aromatic rings. The van der Waals surface area contributed by atoms with Gasteiger partial charge in [-0.2, -0.15) is 18.4 Å². The number of rotatable bonds is 3. The summed E-state index contributed by atoms with van der Waals surface area (Å²) in [5.74, 6) is -0.138. The molecule has 8 heteroatoms. The van der Waals surface area contributed by atoms with Crippen LogP contribution in [-0.4, -0.2) is 21.4 Å². The van der Waals surface area contributed by atoms with Crippen LogP contribution in [-0.2, 0) is 6.18 Å². The van der Waals surface area contributed by atoms with Gasteiger partial charge >= 0.3 is 6.18 Å². The first-order chi connectivity index (χ1) is 10.7. The van der Waals surface area contributed by atoms with Crippen molar-refractivity contribution >= 4 is 11.4 Å². The van der Waals surface area contributed by atoms with Gasteiger partial charge in [-0.05, 0) is 36.8 Å². The van der Waals surface area contributed by atoms with Gasteiger partial charge in [0.15, 0.2) is 11.5 Å². The Kier molecular flexibility index (Phi) is 4.22. The van der Waals surface area contributed by atoms with Crippen molar-refractivity contribution in [3.63, 3.8) is 0 Å². The number of nitrogens with one attached hydrogen (secondary N) is 2. The van der Waals surface area contributed by atoms with E-state index >= 15 is 0 Å². The number of alkyl halides is 3. The minimum Gasteiger partial charge on any atom is -0.297 e. The Bertz CT molecular complexity index is 834. The lowest BCUT2D eigenvalue weighted by Crippen LogP contribution is -2.12.